The van der Waals surface area contributed by atoms with Crippen molar-refractivity contribution in [2.75, 3.05) is 0 Å². The summed E-state index contributed by atoms with van der Waals surface area (Å²) < 4.78 is 26.7. The van der Waals surface area contributed by atoms with Crippen LogP contribution in [0.5, 0.6) is 5.75 Å². The van der Waals surface area contributed by atoms with Crippen molar-refractivity contribution in [2.45, 2.75) is 6.61 Å². The maximum absolute atomic E-state index is 13.6. The van der Waals surface area contributed by atoms with Gasteiger partial charge in [0.1, 0.15) is 23.8 Å². The topological polar surface area (TPSA) is 63.8 Å². The van der Waals surface area contributed by atoms with E-state index in [0.717, 1.165) is 19.0 Å². The van der Waals surface area contributed by atoms with Gasteiger partial charge < -0.3 is 9.15 Å². The Labute approximate surface area is 199 Å². The van der Waals surface area contributed by atoms with Crippen molar-refractivity contribution in [3.05, 3.63) is 97.5 Å². The van der Waals surface area contributed by atoms with Crippen LogP contribution in [0.25, 0.3) is 11.0 Å². The van der Waals surface area contributed by atoms with Crippen molar-refractivity contribution in [3.63, 3.8) is 0 Å². The van der Waals surface area contributed by atoms with E-state index in [4.69, 9.17) is 9.15 Å². The molecule has 0 aliphatic rings. The molecule has 0 bridgehead atoms. The Balaban J connectivity index is 1.35. The van der Waals surface area contributed by atoms with E-state index < -0.39 is 5.91 Å². The van der Waals surface area contributed by atoms with Gasteiger partial charge in [-0.3, -0.25) is 4.79 Å². The van der Waals surface area contributed by atoms with Crippen molar-refractivity contribution < 1.29 is 18.3 Å². The molecule has 8 heteroatoms. The number of carbonyl (C=O) groups excluding carboxylic acids is 1. The predicted octanol–water partition coefficient (Wildman–Crippen LogP) is 6.28. The smallest absolute Gasteiger partial charge is 0.307 e. The van der Waals surface area contributed by atoms with Crippen LogP contribution in [-0.4, -0.2) is 12.1 Å². The van der Waals surface area contributed by atoms with Crippen molar-refractivity contribution in [2.24, 2.45) is 5.10 Å². The summed E-state index contributed by atoms with van der Waals surface area (Å²) in [4.78, 5) is 12.3. The lowest BCUT2D eigenvalue weighted by molar-refractivity contribution is 0.0929. The fraction of sp³-hybridized carbons (Fsp3) is 0.0435. The quantitative estimate of drug-likeness (QED) is 0.163. The molecule has 156 valence electrons. The maximum Gasteiger partial charge on any atom is 0.307 e. The Morgan fingerprint density at radius 1 is 1.16 bits per heavy atom. The summed E-state index contributed by atoms with van der Waals surface area (Å²) in [7, 11) is 0. The van der Waals surface area contributed by atoms with Gasteiger partial charge in [-0.25, -0.2) is 9.82 Å². The highest BCUT2D eigenvalue weighted by molar-refractivity contribution is 14.1. The minimum absolute atomic E-state index is 0.142. The van der Waals surface area contributed by atoms with Crippen molar-refractivity contribution in [1.82, 2.24) is 5.43 Å². The highest BCUT2D eigenvalue weighted by Gasteiger charge is 2.14. The monoisotopic (exact) mass is 592 g/mol. The second kappa shape index (κ2) is 9.61. The number of furan rings is 1. The third kappa shape index (κ3) is 5.31. The first-order valence-electron chi connectivity index (χ1n) is 9.18. The largest absolute Gasteiger partial charge is 0.489 e. The van der Waals surface area contributed by atoms with E-state index in [1.54, 1.807) is 48.5 Å². The summed E-state index contributed by atoms with van der Waals surface area (Å²) in [6.45, 7) is 0.142. The average molecular weight is 593 g/mol. The van der Waals surface area contributed by atoms with Crippen molar-refractivity contribution in [1.29, 1.82) is 0 Å². The van der Waals surface area contributed by atoms with E-state index in [1.165, 1.54) is 12.3 Å². The van der Waals surface area contributed by atoms with Crippen LogP contribution >= 0.6 is 38.5 Å². The Hall–Kier alpha value is -2.72. The van der Waals surface area contributed by atoms with Crippen LogP contribution in [0.1, 0.15) is 21.7 Å². The Morgan fingerprint density at radius 2 is 1.94 bits per heavy atom. The van der Waals surface area contributed by atoms with E-state index in [-0.39, 0.29) is 18.2 Å². The molecule has 31 heavy (non-hydrogen) atoms. The van der Waals surface area contributed by atoms with Crippen LogP contribution in [0.2, 0.25) is 0 Å². The molecule has 3 aromatic carbocycles. The third-order valence-corrected chi connectivity index (χ3v) is 5.63. The van der Waals surface area contributed by atoms with E-state index >= 15 is 0 Å². The first-order chi connectivity index (χ1) is 15.0. The number of nitrogens with one attached hydrogen (secondary N) is 1. The number of amides is 1. The molecule has 4 aromatic rings. The van der Waals surface area contributed by atoms with Gasteiger partial charge in [0.15, 0.2) is 5.76 Å². The second-order valence-corrected chi connectivity index (χ2v) is 8.64. The van der Waals surface area contributed by atoms with Gasteiger partial charge >= 0.3 is 5.91 Å². The molecule has 0 atom stereocenters. The lowest BCUT2D eigenvalue weighted by Gasteiger charge is -2.07. The standard InChI is InChI=1S/C23H15BrFIN2O3/c24-17-9-16-10-21(31-22(16)20(26)11-17)23(29)28-27-12-14-5-7-18(8-6-14)30-13-15-3-1-2-4-19(15)25/h1-12H,13H2,(H,28,29)/b27-12-. The van der Waals surface area contributed by atoms with Crippen LogP contribution < -0.4 is 10.2 Å². The van der Waals surface area contributed by atoms with Gasteiger partial charge in [0.25, 0.3) is 0 Å². The van der Waals surface area contributed by atoms with Crippen LogP contribution in [0, 0.1) is 9.39 Å². The zero-order valence-electron chi connectivity index (χ0n) is 15.9. The number of hydrogen-bond donors (Lipinski definition) is 1. The molecule has 5 nitrogen and oxygen atoms in total. The van der Waals surface area contributed by atoms with E-state index in [1.807, 2.05) is 12.1 Å². The Kier molecular flexibility index (Phi) is 6.67. The van der Waals surface area contributed by atoms with Gasteiger partial charge in [0.05, 0.1) is 9.78 Å². The summed E-state index contributed by atoms with van der Waals surface area (Å²) in [6.07, 6.45) is 1.52. The van der Waals surface area contributed by atoms with Gasteiger partial charge in [-0.1, -0.05) is 34.1 Å². The predicted molar refractivity (Wildman–Crippen MR) is 129 cm³/mol. The molecule has 0 saturated carbocycles. The number of nitrogens with zero attached hydrogens (tertiary/aromatic N) is 1. The average Bonchev–Trinajstić information content (AvgIpc) is 3.19. The Bertz CT molecular complexity index is 1270. The lowest BCUT2D eigenvalue weighted by Crippen LogP contribution is -2.16. The molecule has 1 heterocycles. The highest BCUT2D eigenvalue weighted by Crippen LogP contribution is 2.28. The molecule has 4 rings (SSSR count). The number of fused-ring (bicyclic) bond motifs is 1. The van der Waals surface area contributed by atoms with Crippen LogP contribution in [0.4, 0.5) is 4.39 Å². The molecule has 0 aliphatic heterocycles. The zero-order chi connectivity index (χ0) is 21.8. The number of hydrogen-bond acceptors (Lipinski definition) is 4. The molecule has 0 saturated heterocycles. The normalized spacial score (nSPS) is 11.2. The summed E-state index contributed by atoms with van der Waals surface area (Å²) in [5.41, 5.74) is 4.37. The highest BCUT2D eigenvalue weighted by atomic mass is 127. The minimum atomic E-state index is -0.441. The van der Waals surface area contributed by atoms with Gasteiger partial charge in [-0.05, 0) is 76.7 Å². The lowest BCUT2D eigenvalue weighted by atomic mass is 10.2. The van der Waals surface area contributed by atoms with Gasteiger partial charge in [0.2, 0.25) is 0 Å². The van der Waals surface area contributed by atoms with E-state index in [0.29, 0.717) is 16.9 Å². The van der Waals surface area contributed by atoms with Gasteiger partial charge in [-0.15, -0.1) is 0 Å². The van der Waals surface area contributed by atoms with Crippen molar-refractivity contribution >= 4 is 61.6 Å². The summed E-state index contributed by atoms with van der Waals surface area (Å²) in [5, 5.41) is 4.81. The van der Waals surface area contributed by atoms with Crippen molar-refractivity contribution in [3.8, 4) is 5.75 Å². The van der Waals surface area contributed by atoms with Crippen LogP contribution in [0.3, 0.4) is 0 Å². The summed E-state index contributed by atoms with van der Waals surface area (Å²) >= 11 is 5.59. The van der Waals surface area contributed by atoms with Crippen LogP contribution in [0.15, 0.2) is 80.7 Å². The molecular formula is C23H15BrFIN2O3. The van der Waals surface area contributed by atoms with Crippen LogP contribution in [-0.2, 0) is 6.61 Å². The van der Waals surface area contributed by atoms with Gasteiger partial charge in [-0.2, -0.15) is 5.10 Å². The molecule has 1 amide bonds. The number of ether oxygens (including phenoxy) is 1. The zero-order valence-corrected chi connectivity index (χ0v) is 19.7. The number of rotatable bonds is 6. The fourth-order valence-corrected chi connectivity index (χ4v) is 4.50. The SMILES string of the molecule is O=C(N/N=C\c1ccc(OCc2ccccc2F)cc1)c1cc2cc(Br)cc(I)c2o1. The molecule has 0 radical (unpaired) electrons. The Morgan fingerprint density at radius 3 is 2.71 bits per heavy atom. The summed E-state index contributed by atoms with van der Waals surface area (Å²) in [5.74, 6) is 0.0468. The molecular weight excluding hydrogens is 578 g/mol. The fourth-order valence-electron chi connectivity index (χ4n) is 2.83. The second-order valence-electron chi connectivity index (χ2n) is 6.56. The summed E-state index contributed by atoms with van der Waals surface area (Å²) in [6, 6.07) is 19.0. The maximum atomic E-state index is 13.6. The first kappa shape index (κ1) is 21.5. The molecule has 1 aromatic heterocycles. The third-order valence-electron chi connectivity index (χ3n) is 4.37. The number of benzene rings is 3. The molecule has 0 aliphatic carbocycles. The van der Waals surface area contributed by atoms with Gasteiger partial charge in [0, 0.05) is 15.4 Å². The number of carbonyl (C=O) groups is 1. The molecule has 0 spiro atoms. The van der Waals surface area contributed by atoms with E-state index in [2.05, 4.69) is 49.0 Å². The number of hydrazone groups is 1. The first-order valence-corrected chi connectivity index (χ1v) is 11.0. The number of halogens is 3. The molecule has 0 unspecified atom stereocenters. The minimum Gasteiger partial charge on any atom is -0.489 e. The molecule has 0 fully saturated rings. The van der Waals surface area contributed by atoms with E-state index in [9.17, 15) is 9.18 Å². The molecule has 1 N–H and O–H groups in total.